The van der Waals surface area contributed by atoms with Gasteiger partial charge in [0.2, 0.25) is 5.91 Å². The highest BCUT2D eigenvalue weighted by Crippen LogP contribution is 2.11. The zero-order chi connectivity index (χ0) is 12.0. The second kappa shape index (κ2) is 6.70. The Bertz CT molecular complexity index is 371. The average Bonchev–Trinajstić information content (AvgIpc) is 2.61. The molecular formula is C11H14INO3. The summed E-state index contributed by atoms with van der Waals surface area (Å²) in [5, 5.41) is 11.7. The minimum atomic E-state index is -0.393. The van der Waals surface area contributed by atoms with Crippen LogP contribution in [-0.2, 0) is 4.79 Å². The van der Waals surface area contributed by atoms with Gasteiger partial charge in [-0.15, -0.1) is 0 Å². The van der Waals surface area contributed by atoms with Crippen molar-refractivity contribution >= 4 is 34.6 Å². The molecule has 1 heterocycles. The van der Waals surface area contributed by atoms with Gasteiger partial charge in [0, 0.05) is 12.6 Å². The number of aliphatic hydroxyl groups excluding tert-OH is 1. The van der Waals surface area contributed by atoms with Crippen molar-refractivity contribution in [3.8, 4) is 0 Å². The van der Waals surface area contributed by atoms with Gasteiger partial charge >= 0.3 is 0 Å². The molecule has 4 nitrogen and oxygen atoms in total. The number of furan rings is 1. The molecule has 0 aromatic carbocycles. The Morgan fingerprint density at radius 3 is 3.00 bits per heavy atom. The first kappa shape index (κ1) is 13.2. The number of halogens is 1. The summed E-state index contributed by atoms with van der Waals surface area (Å²) in [5.74, 6) is 0.460. The average molecular weight is 335 g/mol. The van der Waals surface area contributed by atoms with Crippen molar-refractivity contribution in [2.45, 2.75) is 19.4 Å². The number of aliphatic hydroxyl groups is 1. The van der Waals surface area contributed by atoms with E-state index < -0.39 is 6.10 Å². The zero-order valence-electron chi connectivity index (χ0n) is 8.94. The summed E-state index contributed by atoms with van der Waals surface area (Å²) in [4.78, 5) is 11.3. The number of carbonyl (C=O) groups is 1. The van der Waals surface area contributed by atoms with Crippen molar-refractivity contribution in [3.05, 3.63) is 27.7 Å². The first-order chi connectivity index (χ1) is 7.58. The van der Waals surface area contributed by atoms with Crippen LogP contribution in [0, 0.1) is 3.77 Å². The van der Waals surface area contributed by atoms with Gasteiger partial charge in [-0.1, -0.05) is 0 Å². The van der Waals surface area contributed by atoms with E-state index >= 15 is 0 Å². The fraction of sp³-hybridized carbons (Fsp3) is 0.364. The standard InChI is InChI=1S/C11H14INO3/c1-8(14)6-7-13-11(15)5-3-9-2-4-10(12)16-9/h2-5,8,14H,6-7H2,1H3,(H,13,15). The number of rotatable bonds is 5. The van der Waals surface area contributed by atoms with Gasteiger partial charge in [0.15, 0.2) is 3.77 Å². The third-order valence-electron chi connectivity index (χ3n) is 1.85. The molecular weight excluding hydrogens is 321 g/mol. The molecule has 1 amide bonds. The lowest BCUT2D eigenvalue weighted by atomic mass is 10.3. The molecule has 0 fully saturated rings. The first-order valence-electron chi connectivity index (χ1n) is 4.97. The van der Waals surface area contributed by atoms with E-state index in [2.05, 4.69) is 27.9 Å². The Labute approximate surface area is 108 Å². The molecule has 0 saturated heterocycles. The van der Waals surface area contributed by atoms with Crippen LogP contribution in [0.2, 0.25) is 0 Å². The van der Waals surface area contributed by atoms with Crippen molar-refractivity contribution in [3.63, 3.8) is 0 Å². The quantitative estimate of drug-likeness (QED) is 0.637. The molecule has 1 aromatic rings. The molecule has 1 atom stereocenters. The lowest BCUT2D eigenvalue weighted by Crippen LogP contribution is -2.24. The maximum Gasteiger partial charge on any atom is 0.244 e. The first-order valence-corrected chi connectivity index (χ1v) is 6.05. The predicted octanol–water partition coefficient (Wildman–Crippen LogP) is 1.78. The topological polar surface area (TPSA) is 62.5 Å². The molecule has 1 rings (SSSR count). The Balaban J connectivity index is 2.31. The van der Waals surface area contributed by atoms with Crippen molar-refractivity contribution in [1.82, 2.24) is 5.32 Å². The molecule has 0 bridgehead atoms. The van der Waals surface area contributed by atoms with E-state index in [9.17, 15) is 4.79 Å². The summed E-state index contributed by atoms with van der Waals surface area (Å²) in [5.41, 5.74) is 0. The monoisotopic (exact) mass is 335 g/mol. The molecule has 0 saturated carbocycles. The minimum absolute atomic E-state index is 0.188. The third-order valence-corrected chi connectivity index (χ3v) is 2.43. The molecule has 5 heteroatoms. The Morgan fingerprint density at radius 1 is 1.69 bits per heavy atom. The molecule has 0 aliphatic carbocycles. The van der Waals surface area contributed by atoms with Gasteiger partial charge in [-0.2, -0.15) is 0 Å². The fourth-order valence-electron chi connectivity index (χ4n) is 1.04. The van der Waals surface area contributed by atoms with Gasteiger partial charge in [-0.25, -0.2) is 0 Å². The Kier molecular flexibility index (Phi) is 5.54. The summed E-state index contributed by atoms with van der Waals surface area (Å²) >= 11 is 2.06. The molecule has 1 aromatic heterocycles. The molecule has 16 heavy (non-hydrogen) atoms. The molecule has 88 valence electrons. The molecule has 2 N–H and O–H groups in total. The highest BCUT2D eigenvalue weighted by molar-refractivity contribution is 14.1. The SMILES string of the molecule is CC(O)CCNC(=O)C=Cc1ccc(I)o1. The summed E-state index contributed by atoms with van der Waals surface area (Å²) in [6.45, 7) is 2.16. The highest BCUT2D eigenvalue weighted by atomic mass is 127. The lowest BCUT2D eigenvalue weighted by molar-refractivity contribution is -0.116. The van der Waals surface area contributed by atoms with Crippen LogP contribution in [0.25, 0.3) is 6.08 Å². The Hall–Kier alpha value is -0.820. The van der Waals surface area contributed by atoms with Crippen LogP contribution in [-0.4, -0.2) is 23.7 Å². The van der Waals surface area contributed by atoms with Gasteiger partial charge < -0.3 is 14.8 Å². The number of hydrogen-bond acceptors (Lipinski definition) is 3. The number of nitrogens with one attached hydrogen (secondary N) is 1. The van der Waals surface area contributed by atoms with Crippen LogP contribution < -0.4 is 5.32 Å². The van der Waals surface area contributed by atoms with Crippen LogP contribution >= 0.6 is 22.6 Å². The molecule has 0 aliphatic rings. The molecule has 1 unspecified atom stereocenters. The van der Waals surface area contributed by atoms with Crippen molar-refractivity contribution in [1.29, 1.82) is 0 Å². The number of amides is 1. The van der Waals surface area contributed by atoms with Crippen LogP contribution in [0.15, 0.2) is 22.6 Å². The van der Waals surface area contributed by atoms with Gasteiger partial charge in [-0.3, -0.25) is 4.79 Å². The summed E-state index contributed by atoms with van der Waals surface area (Å²) < 4.78 is 6.04. The van der Waals surface area contributed by atoms with Crippen LogP contribution in [0.1, 0.15) is 19.1 Å². The lowest BCUT2D eigenvalue weighted by Gasteiger charge is -2.03. The van der Waals surface area contributed by atoms with E-state index in [1.165, 1.54) is 6.08 Å². The minimum Gasteiger partial charge on any atom is -0.451 e. The predicted molar refractivity (Wildman–Crippen MR) is 69.8 cm³/mol. The Morgan fingerprint density at radius 2 is 2.44 bits per heavy atom. The molecule has 0 radical (unpaired) electrons. The normalized spacial score (nSPS) is 12.9. The van der Waals surface area contributed by atoms with Gasteiger partial charge in [0.05, 0.1) is 6.10 Å². The maximum absolute atomic E-state index is 11.3. The zero-order valence-corrected chi connectivity index (χ0v) is 11.1. The maximum atomic E-state index is 11.3. The number of carbonyl (C=O) groups excluding carboxylic acids is 1. The van der Waals surface area contributed by atoms with Gasteiger partial charge in [0.1, 0.15) is 5.76 Å². The van der Waals surface area contributed by atoms with Crippen LogP contribution in [0.4, 0.5) is 0 Å². The summed E-state index contributed by atoms with van der Waals surface area (Å²) in [6, 6.07) is 3.62. The smallest absolute Gasteiger partial charge is 0.244 e. The van der Waals surface area contributed by atoms with Crippen LogP contribution in [0.3, 0.4) is 0 Å². The second-order valence-corrected chi connectivity index (χ2v) is 4.47. The highest BCUT2D eigenvalue weighted by Gasteiger charge is 1.99. The van der Waals surface area contributed by atoms with E-state index in [0.29, 0.717) is 18.7 Å². The van der Waals surface area contributed by atoms with E-state index in [1.54, 1.807) is 19.1 Å². The van der Waals surface area contributed by atoms with Gasteiger partial charge in [-0.05, 0) is 54.1 Å². The fourth-order valence-corrected chi connectivity index (χ4v) is 1.47. The van der Waals surface area contributed by atoms with E-state index in [0.717, 1.165) is 3.77 Å². The van der Waals surface area contributed by atoms with E-state index in [-0.39, 0.29) is 5.91 Å². The molecule has 0 spiro atoms. The third kappa shape index (κ3) is 5.32. The van der Waals surface area contributed by atoms with Crippen molar-refractivity contribution < 1.29 is 14.3 Å². The van der Waals surface area contributed by atoms with Crippen molar-refractivity contribution in [2.75, 3.05) is 6.54 Å². The molecule has 0 aliphatic heterocycles. The summed E-state index contributed by atoms with van der Waals surface area (Å²) in [7, 11) is 0. The van der Waals surface area contributed by atoms with Crippen LogP contribution in [0.5, 0.6) is 0 Å². The summed E-state index contributed by atoms with van der Waals surface area (Å²) in [6.07, 6.45) is 3.19. The largest absolute Gasteiger partial charge is 0.451 e. The van der Waals surface area contributed by atoms with E-state index in [4.69, 9.17) is 9.52 Å². The van der Waals surface area contributed by atoms with E-state index in [1.807, 2.05) is 6.07 Å². The number of hydrogen-bond donors (Lipinski definition) is 2. The van der Waals surface area contributed by atoms with Gasteiger partial charge in [0.25, 0.3) is 0 Å². The van der Waals surface area contributed by atoms with Crippen molar-refractivity contribution in [2.24, 2.45) is 0 Å². The second-order valence-electron chi connectivity index (χ2n) is 3.40.